The third-order valence-corrected chi connectivity index (χ3v) is 3.94. The average molecular weight is 398 g/mol. The molecule has 3 rings (SSSR count). The third kappa shape index (κ3) is 4.10. The predicted molar refractivity (Wildman–Crippen MR) is 108 cm³/mol. The summed E-state index contributed by atoms with van der Waals surface area (Å²) in [4.78, 5) is 32.3. The number of hydrogen-bond donors (Lipinski definition) is 2. The number of fused-ring (bicyclic) bond motifs is 1. The van der Waals surface area contributed by atoms with Crippen molar-refractivity contribution in [2.75, 3.05) is 18.2 Å². The Morgan fingerprint density at radius 3 is 2.55 bits per heavy atom. The summed E-state index contributed by atoms with van der Waals surface area (Å²) in [6, 6.07) is 3.37. The molecule has 0 aliphatic carbocycles. The summed E-state index contributed by atoms with van der Waals surface area (Å²) in [5.41, 5.74) is 6.37. The predicted octanol–water partition coefficient (Wildman–Crippen LogP) is 3.15. The molecular formula is C19H22N6O4. The second kappa shape index (κ2) is 7.38. The molecule has 10 nitrogen and oxygen atoms in total. The number of methoxy groups -OCH3 is 1. The molecule has 1 aromatic carbocycles. The molecule has 152 valence electrons. The van der Waals surface area contributed by atoms with Gasteiger partial charge in [0.1, 0.15) is 34.9 Å². The molecule has 0 radical (unpaired) electrons. The van der Waals surface area contributed by atoms with E-state index in [1.165, 1.54) is 26.6 Å². The highest BCUT2D eigenvalue weighted by Crippen LogP contribution is 2.33. The number of nitrogens with zero attached hydrogens (tertiary/aromatic N) is 4. The van der Waals surface area contributed by atoms with E-state index in [-0.39, 0.29) is 23.0 Å². The number of aromatic nitrogens is 4. The van der Waals surface area contributed by atoms with Gasteiger partial charge in [-0.25, -0.2) is 14.8 Å². The maximum Gasteiger partial charge on any atom is 0.435 e. The van der Waals surface area contributed by atoms with Crippen LogP contribution in [-0.4, -0.2) is 44.3 Å². The quantitative estimate of drug-likeness (QED) is 0.635. The van der Waals surface area contributed by atoms with Gasteiger partial charge in [-0.05, 0) is 33.8 Å². The second-order valence-electron chi connectivity index (χ2n) is 7.31. The van der Waals surface area contributed by atoms with E-state index in [2.05, 4.69) is 20.4 Å². The van der Waals surface area contributed by atoms with Crippen LogP contribution in [0.1, 0.15) is 38.1 Å². The van der Waals surface area contributed by atoms with Crippen molar-refractivity contribution in [1.82, 2.24) is 19.7 Å². The van der Waals surface area contributed by atoms with E-state index in [0.717, 1.165) is 4.68 Å². The van der Waals surface area contributed by atoms with Gasteiger partial charge in [0.05, 0.1) is 24.5 Å². The number of carbonyl (C=O) groups is 2. The van der Waals surface area contributed by atoms with Crippen LogP contribution >= 0.6 is 0 Å². The number of benzene rings is 1. The largest absolute Gasteiger partial charge is 0.494 e. The van der Waals surface area contributed by atoms with E-state index in [4.69, 9.17) is 15.2 Å². The van der Waals surface area contributed by atoms with Gasteiger partial charge in [-0.1, -0.05) is 0 Å². The minimum atomic E-state index is -0.656. The van der Waals surface area contributed by atoms with Crippen molar-refractivity contribution in [1.29, 1.82) is 0 Å². The van der Waals surface area contributed by atoms with Crippen LogP contribution in [0.25, 0.3) is 10.9 Å². The molecule has 3 aromatic rings. The fourth-order valence-electron chi connectivity index (χ4n) is 2.74. The summed E-state index contributed by atoms with van der Waals surface area (Å²) in [6.45, 7) is 6.71. The fourth-order valence-corrected chi connectivity index (χ4v) is 2.74. The summed E-state index contributed by atoms with van der Waals surface area (Å²) in [6.07, 6.45) is 2.19. The van der Waals surface area contributed by atoms with Gasteiger partial charge in [0.25, 0.3) is 0 Å². The molecule has 10 heteroatoms. The highest BCUT2D eigenvalue weighted by molar-refractivity contribution is 6.03. The van der Waals surface area contributed by atoms with E-state index in [0.29, 0.717) is 22.3 Å². The van der Waals surface area contributed by atoms with Gasteiger partial charge >= 0.3 is 6.09 Å². The Morgan fingerprint density at radius 2 is 1.93 bits per heavy atom. The lowest BCUT2D eigenvalue weighted by Crippen LogP contribution is -2.27. The van der Waals surface area contributed by atoms with Crippen molar-refractivity contribution in [2.24, 2.45) is 0 Å². The first-order valence-corrected chi connectivity index (χ1v) is 8.78. The van der Waals surface area contributed by atoms with Gasteiger partial charge in [-0.15, -0.1) is 0 Å². The summed E-state index contributed by atoms with van der Waals surface area (Å²) in [7, 11) is 1.49. The van der Waals surface area contributed by atoms with Crippen molar-refractivity contribution >= 4 is 40.1 Å². The minimum absolute atomic E-state index is 0.0767. The number of Topliss-reactive ketones (excluding diaryl/α,β-unsaturated/α-hetero) is 1. The first-order chi connectivity index (χ1) is 13.6. The van der Waals surface area contributed by atoms with E-state index in [1.807, 2.05) is 0 Å². The van der Waals surface area contributed by atoms with Crippen molar-refractivity contribution in [3.05, 3.63) is 30.2 Å². The molecule has 2 aromatic heterocycles. The normalized spacial score (nSPS) is 11.3. The SMILES string of the molecule is COc1cc2c(cnn2C(=O)OC(C)(C)C)cc1Nc1ncnc(N)c1C(C)=O. The summed E-state index contributed by atoms with van der Waals surface area (Å²) in [5.74, 6) is 0.466. The lowest BCUT2D eigenvalue weighted by atomic mass is 10.1. The van der Waals surface area contributed by atoms with Gasteiger partial charge in [0.2, 0.25) is 0 Å². The van der Waals surface area contributed by atoms with E-state index >= 15 is 0 Å². The van der Waals surface area contributed by atoms with Gasteiger partial charge in [-0.2, -0.15) is 9.78 Å². The van der Waals surface area contributed by atoms with E-state index < -0.39 is 11.7 Å². The molecule has 0 aliphatic heterocycles. The Labute approximate surface area is 167 Å². The highest BCUT2D eigenvalue weighted by atomic mass is 16.6. The van der Waals surface area contributed by atoms with Crippen LogP contribution < -0.4 is 15.8 Å². The summed E-state index contributed by atoms with van der Waals surface area (Å²) < 4.78 is 12.0. The lowest BCUT2D eigenvalue weighted by Gasteiger charge is -2.19. The van der Waals surface area contributed by atoms with Crippen LogP contribution in [0.5, 0.6) is 5.75 Å². The van der Waals surface area contributed by atoms with Crippen LogP contribution in [-0.2, 0) is 4.74 Å². The Balaban J connectivity index is 2.05. The number of ketones is 1. The molecule has 0 aliphatic rings. The number of carbonyl (C=O) groups excluding carboxylic acids is 2. The molecule has 0 amide bonds. The molecule has 3 N–H and O–H groups in total. The molecule has 0 spiro atoms. The fraction of sp³-hybridized carbons (Fsp3) is 0.316. The highest BCUT2D eigenvalue weighted by Gasteiger charge is 2.22. The van der Waals surface area contributed by atoms with Crippen LogP contribution in [0, 0.1) is 0 Å². The number of nitrogen functional groups attached to an aromatic ring is 1. The Hall–Kier alpha value is -3.69. The van der Waals surface area contributed by atoms with Gasteiger partial charge < -0.3 is 20.5 Å². The van der Waals surface area contributed by atoms with Crippen LogP contribution in [0.15, 0.2) is 24.7 Å². The third-order valence-electron chi connectivity index (χ3n) is 3.94. The van der Waals surface area contributed by atoms with E-state index in [9.17, 15) is 9.59 Å². The first kappa shape index (κ1) is 20.1. The number of ether oxygens (including phenoxy) is 2. The molecule has 2 heterocycles. The zero-order valence-corrected chi connectivity index (χ0v) is 16.8. The maximum atomic E-state index is 12.4. The van der Waals surface area contributed by atoms with Crippen molar-refractivity contribution in [2.45, 2.75) is 33.3 Å². The van der Waals surface area contributed by atoms with Gasteiger partial charge in [0, 0.05) is 11.5 Å². The average Bonchev–Trinajstić information content (AvgIpc) is 3.02. The Bertz CT molecular complexity index is 1100. The van der Waals surface area contributed by atoms with Crippen molar-refractivity contribution in [3.63, 3.8) is 0 Å². The van der Waals surface area contributed by atoms with Crippen LogP contribution in [0.4, 0.5) is 22.1 Å². The van der Waals surface area contributed by atoms with Gasteiger partial charge in [-0.3, -0.25) is 4.79 Å². The molecule has 29 heavy (non-hydrogen) atoms. The monoisotopic (exact) mass is 398 g/mol. The minimum Gasteiger partial charge on any atom is -0.494 e. The van der Waals surface area contributed by atoms with E-state index in [1.54, 1.807) is 32.9 Å². The molecule has 0 saturated heterocycles. The maximum absolute atomic E-state index is 12.4. The number of nitrogens with one attached hydrogen (secondary N) is 1. The standard InChI is InChI=1S/C19H22N6O4/c1-10(26)15-16(20)21-9-22-17(15)24-12-6-11-8-23-25(13(11)7-14(12)28-5)18(27)29-19(2,3)4/h6-9H,1-5H3,(H3,20,21,22,24). The van der Waals surface area contributed by atoms with Crippen molar-refractivity contribution in [3.8, 4) is 5.75 Å². The molecule has 0 atom stereocenters. The molecular weight excluding hydrogens is 376 g/mol. The number of anilines is 3. The molecule has 0 saturated carbocycles. The smallest absolute Gasteiger partial charge is 0.435 e. The summed E-state index contributed by atoms with van der Waals surface area (Å²) >= 11 is 0. The lowest BCUT2D eigenvalue weighted by molar-refractivity contribution is 0.0522. The Morgan fingerprint density at radius 1 is 1.21 bits per heavy atom. The number of nitrogens with two attached hydrogens (primary N) is 1. The van der Waals surface area contributed by atoms with Gasteiger partial charge in [0.15, 0.2) is 5.78 Å². The zero-order valence-electron chi connectivity index (χ0n) is 16.8. The number of rotatable bonds is 4. The zero-order chi connectivity index (χ0) is 21.3. The van der Waals surface area contributed by atoms with Crippen LogP contribution in [0.3, 0.4) is 0 Å². The first-order valence-electron chi connectivity index (χ1n) is 8.78. The van der Waals surface area contributed by atoms with Crippen LogP contribution in [0.2, 0.25) is 0 Å². The molecule has 0 bridgehead atoms. The summed E-state index contributed by atoms with van der Waals surface area (Å²) in [5, 5.41) is 7.83. The topological polar surface area (TPSA) is 134 Å². The molecule has 0 unspecified atom stereocenters. The second-order valence-corrected chi connectivity index (χ2v) is 7.31. The number of hydrogen-bond acceptors (Lipinski definition) is 9. The molecule has 0 fully saturated rings. The Kier molecular flexibility index (Phi) is 5.10. The van der Waals surface area contributed by atoms with Crippen molar-refractivity contribution < 1.29 is 19.1 Å².